The molecule has 2 atom stereocenters. The molecule has 2 fully saturated rings. The quantitative estimate of drug-likeness (QED) is 0.642. The Balaban J connectivity index is 1.27. The Morgan fingerprint density at radius 2 is 2.06 bits per heavy atom. The highest BCUT2D eigenvalue weighted by Gasteiger charge is 2.29. The fraction of sp³-hybridized carbons (Fsp3) is 0.545. The van der Waals surface area contributed by atoms with Gasteiger partial charge in [0.05, 0.1) is 11.2 Å². The zero-order valence-corrected chi connectivity index (χ0v) is 18.2. The topological polar surface area (TPSA) is 74.3 Å². The van der Waals surface area contributed by atoms with E-state index < -0.39 is 5.82 Å². The third kappa shape index (κ3) is 4.71. The maximum absolute atomic E-state index is 14.6. The van der Waals surface area contributed by atoms with Crippen LogP contribution < -0.4 is 16.0 Å². The van der Waals surface area contributed by atoms with Gasteiger partial charge in [-0.1, -0.05) is 11.6 Å². The van der Waals surface area contributed by atoms with Gasteiger partial charge in [0.15, 0.2) is 17.5 Å². The van der Waals surface area contributed by atoms with Crippen LogP contribution in [-0.2, 0) is 4.74 Å². The van der Waals surface area contributed by atoms with Crippen molar-refractivity contribution in [3.63, 3.8) is 0 Å². The van der Waals surface area contributed by atoms with Crippen LogP contribution in [0.4, 0.5) is 10.2 Å². The fourth-order valence-electron chi connectivity index (χ4n) is 4.77. The number of allylic oxidation sites excluding steroid dienone is 2. The first kappa shape index (κ1) is 20.7. The van der Waals surface area contributed by atoms with Crippen LogP contribution in [0.1, 0.15) is 31.5 Å². The van der Waals surface area contributed by atoms with Gasteiger partial charge in [-0.25, -0.2) is 14.4 Å². The second-order valence-electron chi connectivity index (χ2n) is 8.64. The van der Waals surface area contributed by atoms with E-state index in [1.165, 1.54) is 6.20 Å². The molecule has 0 spiro atoms. The van der Waals surface area contributed by atoms with E-state index in [0.29, 0.717) is 16.8 Å². The molecule has 1 aromatic heterocycles. The molecule has 1 unspecified atom stereocenters. The Bertz CT molecular complexity index is 913. The molecule has 166 valence electrons. The highest BCUT2D eigenvalue weighted by atomic mass is 35.5. The highest BCUT2D eigenvalue weighted by Crippen LogP contribution is 2.31. The maximum atomic E-state index is 14.6. The number of aromatic nitrogens is 2. The number of nitrogens with zero attached hydrogens (tertiary/aromatic N) is 3. The molecule has 0 bridgehead atoms. The highest BCUT2D eigenvalue weighted by molar-refractivity contribution is 6.31. The van der Waals surface area contributed by atoms with Crippen molar-refractivity contribution < 1.29 is 9.13 Å². The molecule has 4 aliphatic heterocycles. The van der Waals surface area contributed by atoms with Gasteiger partial charge < -0.3 is 25.6 Å². The van der Waals surface area contributed by atoms with Gasteiger partial charge in [-0.15, -0.1) is 0 Å². The van der Waals surface area contributed by atoms with Crippen LogP contribution >= 0.6 is 11.6 Å². The lowest BCUT2D eigenvalue weighted by molar-refractivity contribution is 0.0490. The third-order valence-corrected chi connectivity index (χ3v) is 6.60. The molecule has 7 nitrogen and oxygen atoms in total. The number of likely N-dealkylation sites (tertiary alicyclic amines) is 1. The van der Waals surface area contributed by atoms with Crippen molar-refractivity contribution >= 4 is 23.0 Å². The normalized spacial score (nSPS) is 26.8. The van der Waals surface area contributed by atoms with Crippen LogP contribution in [0.5, 0.6) is 0 Å². The zero-order chi connectivity index (χ0) is 21.2. The van der Waals surface area contributed by atoms with Gasteiger partial charge >= 0.3 is 0 Å². The van der Waals surface area contributed by atoms with Crippen molar-refractivity contribution in [2.24, 2.45) is 5.92 Å². The van der Waals surface area contributed by atoms with E-state index in [1.807, 2.05) is 12.3 Å². The number of hydrogen-bond acceptors (Lipinski definition) is 7. The van der Waals surface area contributed by atoms with Crippen molar-refractivity contribution in [2.75, 3.05) is 38.2 Å². The van der Waals surface area contributed by atoms with Gasteiger partial charge in [-0.3, -0.25) is 0 Å². The van der Waals surface area contributed by atoms with Crippen LogP contribution in [0.25, 0.3) is 5.57 Å². The average Bonchev–Trinajstić information content (AvgIpc) is 3.19. The van der Waals surface area contributed by atoms with Crippen molar-refractivity contribution in [1.29, 1.82) is 0 Å². The monoisotopic (exact) mass is 446 g/mol. The third-order valence-electron chi connectivity index (χ3n) is 6.39. The Morgan fingerprint density at radius 1 is 1.23 bits per heavy atom. The molecule has 4 aliphatic rings. The first-order valence-electron chi connectivity index (χ1n) is 11.0. The first-order chi connectivity index (χ1) is 15.2. The fourth-order valence-corrected chi connectivity index (χ4v) is 4.95. The number of rotatable bonds is 5. The second kappa shape index (κ2) is 9.14. The summed E-state index contributed by atoms with van der Waals surface area (Å²) in [6, 6.07) is 0.169. The van der Waals surface area contributed by atoms with E-state index in [0.717, 1.165) is 69.7 Å². The van der Waals surface area contributed by atoms with E-state index in [2.05, 4.69) is 30.8 Å². The predicted octanol–water partition coefficient (Wildman–Crippen LogP) is 2.80. The Morgan fingerprint density at radius 3 is 2.94 bits per heavy atom. The number of hydrogen-bond donors (Lipinski definition) is 3. The number of ether oxygens (including phenoxy) is 1. The van der Waals surface area contributed by atoms with E-state index >= 15 is 0 Å². The average molecular weight is 447 g/mol. The molecule has 5 rings (SSSR count). The number of piperidine rings is 1. The molecule has 1 aromatic rings. The van der Waals surface area contributed by atoms with Gasteiger partial charge in [0.1, 0.15) is 6.17 Å². The minimum absolute atomic E-state index is 0.0698. The lowest BCUT2D eigenvalue weighted by Gasteiger charge is -2.36. The standard InChI is InChI=1S/C22H28ClFN6O/c23-15-8-17-18(10-26-20(17)25-9-15)21-27-11-19(24)22(29-21)28-16-2-1-5-30(13-16)12-14-3-6-31-7-4-14/h8-11,14,16,20,25-26H,1-7,12-13H2,(H,27,28,29)/t16-,20?/m0/s1. The van der Waals surface area contributed by atoms with Crippen LogP contribution in [0.2, 0.25) is 0 Å². The van der Waals surface area contributed by atoms with Gasteiger partial charge in [0.2, 0.25) is 0 Å². The molecule has 9 heteroatoms. The van der Waals surface area contributed by atoms with Gasteiger partial charge in [0.25, 0.3) is 0 Å². The van der Waals surface area contributed by atoms with E-state index in [1.54, 1.807) is 6.20 Å². The molecule has 3 N–H and O–H groups in total. The summed E-state index contributed by atoms with van der Waals surface area (Å²) in [6.07, 6.45) is 11.0. The molecule has 2 saturated heterocycles. The lowest BCUT2D eigenvalue weighted by Crippen LogP contribution is -2.44. The number of halogens is 2. The van der Waals surface area contributed by atoms with E-state index in [-0.39, 0.29) is 18.0 Å². The lowest BCUT2D eigenvalue weighted by atomic mass is 9.97. The summed E-state index contributed by atoms with van der Waals surface area (Å²) in [5.74, 6) is 1.01. The maximum Gasteiger partial charge on any atom is 0.183 e. The Labute approximate surface area is 186 Å². The summed E-state index contributed by atoms with van der Waals surface area (Å²) in [5.41, 5.74) is 1.77. The van der Waals surface area contributed by atoms with Crippen molar-refractivity contribution in [3.05, 3.63) is 46.9 Å². The number of dihydropyridines is 1. The Hall–Kier alpha value is -2.16. The number of nitrogens with one attached hydrogen (secondary N) is 3. The molecule has 5 heterocycles. The van der Waals surface area contributed by atoms with Crippen molar-refractivity contribution in [1.82, 2.24) is 25.5 Å². The number of fused-ring (bicyclic) bond motifs is 1. The smallest absolute Gasteiger partial charge is 0.183 e. The summed E-state index contributed by atoms with van der Waals surface area (Å²) in [6.45, 7) is 4.83. The Kier molecular flexibility index (Phi) is 6.11. The predicted molar refractivity (Wildman–Crippen MR) is 119 cm³/mol. The summed E-state index contributed by atoms with van der Waals surface area (Å²) >= 11 is 6.15. The van der Waals surface area contributed by atoms with Crippen molar-refractivity contribution in [2.45, 2.75) is 37.9 Å². The van der Waals surface area contributed by atoms with Crippen LogP contribution in [0.3, 0.4) is 0 Å². The second-order valence-corrected chi connectivity index (χ2v) is 9.08. The number of anilines is 1. The largest absolute Gasteiger partial charge is 0.381 e. The van der Waals surface area contributed by atoms with Gasteiger partial charge in [-0.05, 0) is 44.2 Å². The van der Waals surface area contributed by atoms with E-state index in [9.17, 15) is 4.39 Å². The SMILES string of the molecule is Fc1cnc(C2=CNC3NC=C(Cl)C=C23)nc1N[C@H]1CCCN(CC2CCOCC2)C1. The minimum atomic E-state index is -0.429. The molecular formula is C22H28ClFN6O. The molecule has 0 amide bonds. The molecule has 0 aliphatic carbocycles. The van der Waals surface area contributed by atoms with Gasteiger partial charge in [-0.2, -0.15) is 0 Å². The summed E-state index contributed by atoms with van der Waals surface area (Å²) < 4.78 is 20.0. The summed E-state index contributed by atoms with van der Waals surface area (Å²) in [4.78, 5) is 11.3. The minimum Gasteiger partial charge on any atom is -0.381 e. The van der Waals surface area contributed by atoms with Gasteiger partial charge in [0, 0.05) is 55.9 Å². The van der Waals surface area contributed by atoms with Crippen LogP contribution in [0.15, 0.2) is 35.3 Å². The molecule has 0 radical (unpaired) electrons. The van der Waals surface area contributed by atoms with Crippen LogP contribution in [0, 0.1) is 11.7 Å². The summed E-state index contributed by atoms with van der Waals surface area (Å²) in [7, 11) is 0. The molecule has 0 aromatic carbocycles. The molecule has 31 heavy (non-hydrogen) atoms. The first-order valence-corrected chi connectivity index (χ1v) is 11.4. The molecular weight excluding hydrogens is 419 g/mol. The van der Waals surface area contributed by atoms with Crippen LogP contribution in [-0.4, -0.2) is 59.9 Å². The van der Waals surface area contributed by atoms with E-state index in [4.69, 9.17) is 16.3 Å². The molecule has 0 saturated carbocycles. The zero-order valence-electron chi connectivity index (χ0n) is 17.4. The summed E-state index contributed by atoms with van der Waals surface area (Å²) in [5, 5.41) is 10.4. The van der Waals surface area contributed by atoms with Crippen molar-refractivity contribution in [3.8, 4) is 0 Å².